The maximum absolute atomic E-state index is 12.5. The van der Waals surface area contributed by atoms with Gasteiger partial charge in [-0.05, 0) is 70.2 Å². The Bertz CT molecular complexity index is 610. The average molecular weight is 348 g/mol. The molecule has 140 valence electrons. The van der Waals surface area contributed by atoms with Gasteiger partial charge in [0, 0.05) is 0 Å². The lowest BCUT2D eigenvalue weighted by Gasteiger charge is -2.28. The Hall–Kier alpha value is -1.84. The highest BCUT2D eigenvalue weighted by Crippen LogP contribution is 2.24. The molecule has 0 amide bonds. The fourth-order valence-electron chi connectivity index (χ4n) is 2.37. The highest BCUT2D eigenvalue weighted by molar-refractivity contribution is 5.95. The molecule has 0 saturated heterocycles. The van der Waals surface area contributed by atoms with Crippen LogP contribution in [-0.4, -0.2) is 23.1 Å². The van der Waals surface area contributed by atoms with E-state index in [-0.39, 0.29) is 11.9 Å². The van der Waals surface area contributed by atoms with E-state index in [0.29, 0.717) is 16.7 Å². The molecule has 0 bridgehead atoms. The van der Waals surface area contributed by atoms with E-state index in [1.807, 2.05) is 41.5 Å². The molecule has 4 nitrogen and oxygen atoms in total. The number of benzene rings is 1. The van der Waals surface area contributed by atoms with Gasteiger partial charge in [0.2, 0.25) is 0 Å². The molecule has 25 heavy (non-hydrogen) atoms. The summed E-state index contributed by atoms with van der Waals surface area (Å²) < 4.78 is 11.3. The van der Waals surface area contributed by atoms with Gasteiger partial charge in [0.05, 0.1) is 11.1 Å². The maximum Gasteiger partial charge on any atom is 0.338 e. The Labute approximate surface area is 151 Å². The van der Waals surface area contributed by atoms with E-state index >= 15 is 0 Å². The smallest absolute Gasteiger partial charge is 0.338 e. The summed E-state index contributed by atoms with van der Waals surface area (Å²) in [5.41, 5.74) is 0.718. The molecule has 0 unspecified atom stereocenters. The molecule has 0 aliphatic heterocycles. The Balaban J connectivity index is 2.97. The zero-order valence-electron chi connectivity index (χ0n) is 16.7. The molecule has 1 aromatic carbocycles. The Kier molecular flexibility index (Phi) is 7.21. The van der Waals surface area contributed by atoms with Gasteiger partial charge in [-0.1, -0.05) is 27.7 Å². The molecular formula is C21H32O4. The fraction of sp³-hybridized carbons (Fsp3) is 0.619. The quantitative estimate of drug-likeness (QED) is 0.585. The van der Waals surface area contributed by atoms with Crippen molar-refractivity contribution in [2.24, 2.45) is 0 Å². The summed E-state index contributed by atoms with van der Waals surface area (Å²) >= 11 is 0. The van der Waals surface area contributed by atoms with Crippen LogP contribution in [0.5, 0.6) is 0 Å². The predicted octanol–water partition coefficient (Wildman–Crippen LogP) is 5.47. The maximum atomic E-state index is 12.5. The summed E-state index contributed by atoms with van der Waals surface area (Å²) in [6.45, 7) is 13.7. The van der Waals surface area contributed by atoms with Gasteiger partial charge in [-0.2, -0.15) is 0 Å². The van der Waals surface area contributed by atoms with E-state index in [9.17, 15) is 9.59 Å². The first-order chi connectivity index (χ1) is 11.6. The fourth-order valence-corrected chi connectivity index (χ4v) is 2.37. The van der Waals surface area contributed by atoms with Crippen LogP contribution in [-0.2, 0) is 9.47 Å². The summed E-state index contributed by atoms with van der Waals surface area (Å²) in [5.74, 6) is -0.711. The summed E-state index contributed by atoms with van der Waals surface area (Å²) in [6, 6.07) is 4.97. The molecular weight excluding hydrogens is 316 g/mol. The van der Waals surface area contributed by atoms with Gasteiger partial charge in [0.15, 0.2) is 0 Å². The first kappa shape index (κ1) is 21.2. The number of ether oxygens (including phenoxy) is 2. The molecule has 0 fully saturated rings. The molecule has 0 heterocycles. The Morgan fingerprint density at radius 3 is 1.68 bits per heavy atom. The Morgan fingerprint density at radius 1 is 0.840 bits per heavy atom. The molecule has 0 spiro atoms. The summed E-state index contributed by atoms with van der Waals surface area (Å²) in [7, 11) is 0. The number of carbonyl (C=O) groups excluding carboxylic acids is 2. The average Bonchev–Trinajstić information content (AvgIpc) is 2.61. The molecule has 0 aliphatic rings. The van der Waals surface area contributed by atoms with Crippen molar-refractivity contribution in [3.05, 3.63) is 34.9 Å². The molecule has 0 saturated carbocycles. The highest BCUT2D eigenvalue weighted by Gasteiger charge is 2.28. The van der Waals surface area contributed by atoms with E-state index in [0.717, 1.165) is 25.7 Å². The van der Waals surface area contributed by atoms with E-state index in [1.165, 1.54) is 0 Å². The molecule has 0 aromatic heterocycles. The minimum absolute atomic E-state index is 0.351. The lowest BCUT2D eigenvalue weighted by molar-refractivity contribution is -0.0146. The lowest BCUT2D eigenvalue weighted by atomic mass is 9.99. The second-order valence-electron chi connectivity index (χ2n) is 7.12. The van der Waals surface area contributed by atoms with Crippen molar-refractivity contribution in [2.75, 3.05) is 0 Å². The monoisotopic (exact) mass is 348 g/mol. The van der Waals surface area contributed by atoms with Gasteiger partial charge in [0.1, 0.15) is 11.2 Å². The Morgan fingerprint density at radius 2 is 1.28 bits per heavy atom. The van der Waals surface area contributed by atoms with Crippen molar-refractivity contribution in [3.8, 4) is 0 Å². The van der Waals surface area contributed by atoms with Crippen LogP contribution in [0.15, 0.2) is 18.2 Å². The van der Waals surface area contributed by atoms with Crippen molar-refractivity contribution in [1.82, 2.24) is 0 Å². The van der Waals surface area contributed by atoms with Gasteiger partial charge >= 0.3 is 11.9 Å². The minimum Gasteiger partial charge on any atom is -0.456 e. The van der Waals surface area contributed by atoms with Crippen LogP contribution in [0.4, 0.5) is 0 Å². The third kappa shape index (κ3) is 5.32. The number of esters is 2. The first-order valence-corrected chi connectivity index (χ1v) is 9.21. The van der Waals surface area contributed by atoms with Crippen LogP contribution in [0.3, 0.4) is 0 Å². The third-order valence-corrected chi connectivity index (χ3v) is 5.35. The number of carbonyl (C=O) groups is 2. The molecule has 0 atom stereocenters. The van der Waals surface area contributed by atoms with Crippen LogP contribution >= 0.6 is 0 Å². The molecule has 0 aliphatic carbocycles. The van der Waals surface area contributed by atoms with Gasteiger partial charge in [0.25, 0.3) is 0 Å². The standard InChI is InChI=1S/C21H32O4/c1-8-20(6,9-2)24-18(22)16-12-13-17(15(5)14-16)19(23)25-21(7,10-3)11-4/h12-14H,8-11H2,1-7H3. The van der Waals surface area contributed by atoms with Crippen LogP contribution in [0.1, 0.15) is 93.5 Å². The number of rotatable bonds is 8. The van der Waals surface area contributed by atoms with Crippen LogP contribution in [0.2, 0.25) is 0 Å². The normalized spacial score (nSPS) is 12.0. The van der Waals surface area contributed by atoms with Gasteiger partial charge < -0.3 is 9.47 Å². The van der Waals surface area contributed by atoms with Crippen molar-refractivity contribution in [2.45, 2.75) is 85.4 Å². The van der Waals surface area contributed by atoms with Crippen molar-refractivity contribution in [1.29, 1.82) is 0 Å². The van der Waals surface area contributed by atoms with Gasteiger partial charge in [-0.3, -0.25) is 0 Å². The molecule has 0 N–H and O–H groups in total. The summed E-state index contributed by atoms with van der Waals surface area (Å²) in [6.07, 6.45) is 3.02. The SMILES string of the molecule is CCC(C)(CC)OC(=O)c1ccc(C(=O)OC(C)(CC)CC)c(C)c1. The highest BCUT2D eigenvalue weighted by atomic mass is 16.6. The van der Waals surface area contributed by atoms with Crippen molar-refractivity contribution >= 4 is 11.9 Å². The van der Waals surface area contributed by atoms with Crippen molar-refractivity contribution < 1.29 is 19.1 Å². The molecule has 0 radical (unpaired) electrons. The summed E-state index contributed by atoms with van der Waals surface area (Å²) in [4.78, 5) is 24.9. The second kappa shape index (κ2) is 8.50. The zero-order valence-corrected chi connectivity index (χ0v) is 16.7. The molecule has 1 rings (SSSR count). The molecule has 4 heteroatoms. The van der Waals surface area contributed by atoms with E-state index in [2.05, 4.69) is 0 Å². The van der Waals surface area contributed by atoms with E-state index in [4.69, 9.17) is 9.47 Å². The van der Waals surface area contributed by atoms with E-state index < -0.39 is 11.2 Å². The minimum atomic E-state index is -0.467. The third-order valence-electron chi connectivity index (χ3n) is 5.35. The van der Waals surface area contributed by atoms with Gasteiger partial charge in [-0.25, -0.2) is 9.59 Å². The second-order valence-corrected chi connectivity index (χ2v) is 7.12. The lowest BCUT2D eigenvalue weighted by Crippen LogP contribution is -2.31. The number of hydrogen-bond acceptors (Lipinski definition) is 4. The molecule has 1 aromatic rings. The zero-order chi connectivity index (χ0) is 19.3. The van der Waals surface area contributed by atoms with Crippen LogP contribution < -0.4 is 0 Å². The number of aryl methyl sites for hydroxylation is 1. The first-order valence-electron chi connectivity index (χ1n) is 9.21. The van der Waals surface area contributed by atoms with E-state index in [1.54, 1.807) is 25.1 Å². The van der Waals surface area contributed by atoms with Crippen LogP contribution in [0, 0.1) is 6.92 Å². The van der Waals surface area contributed by atoms with Crippen LogP contribution in [0.25, 0.3) is 0 Å². The summed E-state index contributed by atoms with van der Waals surface area (Å²) in [5, 5.41) is 0. The number of hydrogen-bond donors (Lipinski definition) is 0. The largest absolute Gasteiger partial charge is 0.456 e. The topological polar surface area (TPSA) is 52.6 Å². The van der Waals surface area contributed by atoms with Crippen molar-refractivity contribution in [3.63, 3.8) is 0 Å². The van der Waals surface area contributed by atoms with Gasteiger partial charge in [-0.15, -0.1) is 0 Å². The predicted molar refractivity (Wildman–Crippen MR) is 100.0 cm³/mol.